The van der Waals surface area contributed by atoms with Gasteiger partial charge in [0.05, 0.1) is 22.1 Å². The van der Waals surface area contributed by atoms with Crippen molar-refractivity contribution in [3.63, 3.8) is 0 Å². The molecule has 6 rings (SSSR count). The maximum atomic E-state index is 14.7. The molecule has 3 N–H and O–H groups in total. The molecule has 2 fully saturated rings. The largest absolute Gasteiger partial charge is 0.364 e. The van der Waals surface area contributed by atoms with E-state index < -0.39 is 23.2 Å². The number of hydrogen-bond donors (Lipinski definition) is 2. The molecular weight excluding hydrogens is 488 g/mol. The fraction of sp³-hybridized carbons (Fsp3) is 0.308. The quantitative estimate of drug-likeness (QED) is 0.420. The average molecular weight is 512 g/mol. The van der Waals surface area contributed by atoms with Crippen molar-refractivity contribution in [3.8, 4) is 11.3 Å². The zero-order valence-electron chi connectivity index (χ0n) is 19.2. The Hall–Kier alpha value is -3.59. The summed E-state index contributed by atoms with van der Waals surface area (Å²) in [4.78, 5) is 38.9. The summed E-state index contributed by atoms with van der Waals surface area (Å²) in [6.45, 7) is 0.704. The number of benzene rings is 1. The summed E-state index contributed by atoms with van der Waals surface area (Å²) < 4.78 is 29.4. The van der Waals surface area contributed by atoms with Gasteiger partial charge in [-0.2, -0.15) is 0 Å². The van der Waals surface area contributed by atoms with Crippen LogP contribution in [-0.2, 0) is 0 Å². The number of aromatic nitrogens is 3. The molecule has 1 aliphatic carbocycles. The third-order valence-electron chi connectivity index (χ3n) is 7.34. The van der Waals surface area contributed by atoms with Crippen LogP contribution in [0.3, 0.4) is 0 Å². The number of carbonyl (C=O) groups is 1. The lowest BCUT2D eigenvalue weighted by atomic mass is 9.79. The standard InChI is InChI=1S/C26H23F2N5O2.ClH/c27-26(28)8-3-5-15-12-33(13-17(15)26)25-16(10-14-4-1-2-6-18(14)32-25)20-11-21(34)22-19(31-20)7-9-30-23(22)24(29)35;/h1-2,4,6-7,9-11,15,17H,3,5,8,12-13H2,(H2,29,35)(H,31,34);1H. The highest BCUT2D eigenvalue weighted by atomic mass is 35.5. The number of halogens is 3. The van der Waals surface area contributed by atoms with Gasteiger partial charge in [-0.1, -0.05) is 18.2 Å². The van der Waals surface area contributed by atoms with E-state index in [0.717, 1.165) is 17.3 Å². The van der Waals surface area contributed by atoms with Gasteiger partial charge in [-0.15, -0.1) is 12.4 Å². The molecule has 3 aromatic heterocycles. The third-order valence-corrected chi connectivity index (χ3v) is 7.34. The van der Waals surface area contributed by atoms with Crippen molar-refractivity contribution >= 4 is 45.9 Å². The van der Waals surface area contributed by atoms with Crippen LogP contribution in [-0.4, -0.2) is 39.9 Å². The zero-order valence-corrected chi connectivity index (χ0v) is 20.0. The summed E-state index contributed by atoms with van der Waals surface area (Å²) in [5, 5.41) is 0.979. The van der Waals surface area contributed by atoms with Gasteiger partial charge >= 0.3 is 0 Å². The number of nitrogens with two attached hydrogens (primary N) is 1. The number of hydrogen-bond acceptors (Lipinski definition) is 5. The molecule has 10 heteroatoms. The Morgan fingerprint density at radius 2 is 1.97 bits per heavy atom. The highest BCUT2D eigenvalue weighted by Gasteiger charge is 2.51. The van der Waals surface area contributed by atoms with E-state index >= 15 is 0 Å². The highest BCUT2D eigenvalue weighted by Crippen LogP contribution is 2.47. The molecule has 2 atom stereocenters. The van der Waals surface area contributed by atoms with Gasteiger partial charge in [0.2, 0.25) is 0 Å². The second kappa shape index (κ2) is 8.81. The normalized spacial score (nSPS) is 20.8. The van der Waals surface area contributed by atoms with Crippen LogP contribution >= 0.6 is 12.4 Å². The van der Waals surface area contributed by atoms with E-state index in [1.807, 2.05) is 35.2 Å². The summed E-state index contributed by atoms with van der Waals surface area (Å²) in [6, 6.07) is 12.5. The number of amides is 1. The molecule has 0 bridgehead atoms. The van der Waals surface area contributed by atoms with E-state index in [0.29, 0.717) is 35.6 Å². The number of anilines is 1. The minimum atomic E-state index is -2.69. The number of aromatic amines is 1. The Bertz CT molecular complexity index is 1560. The van der Waals surface area contributed by atoms with E-state index in [4.69, 9.17) is 10.7 Å². The number of nitrogens with one attached hydrogen (secondary N) is 1. The van der Waals surface area contributed by atoms with E-state index in [9.17, 15) is 18.4 Å². The molecule has 4 heterocycles. The molecule has 1 saturated carbocycles. The van der Waals surface area contributed by atoms with E-state index in [2.05, 4.69) is 9.97 Å². The number of para-hydroxylation sites is 1. The van der Waals surface area contributed by atoms with Crippen molar-refractivity contribution in [2.75, 3.05) is 18.0 Å². The topological polar surface area (TPSA) is 105 Å². The first kappa shape index (κ1) is 24.1. The number of nitrogens with zero attached hydrogens (tertiary/aromatic N) is 3. The fourth-order valence-electron chi connectivity index (χ4n) is 5.68. The van der Waals surface area contributed by atoms with Crippen LogP contribution in [0.25, 0.3) is 33.1 Å². The van der Waals surface area contributed by atoms with Gasteiger partial charge in [-0.3, -0.25) is 14.6 Å². The van der Waals surface area contributed by atoms with Crippen molar-refractivity contribution in [3.05, 3.63) is 64.6 Å². The van der Waals surface area contributed by atoms with E-state index in [-0.39, 0.29) is 42.4 Å². The molecule has 1 saturated heterocycles. The zero-order chi connectivity index (χ0) is 24.3. The Balaban J connectivity index is 0.00000267. The highest BCUT2D eigenvalue weighted by molar-refractivity contribution is 6.04. The first-order valence-corrected chi connectivity index (χ1v) is 11.7. The third kappa shape index (κ3) is 3.87. The van der Waals surface area contributed by atoms with Crippen LogP contribution in [0.15, 0.2) is 53.5 Å². The predicted molar refractivity (Wildman–Crippen MR) is 137 cm³/mol. The molecule has 0 radical (unpaired) electrons. The Labute approximate surface area is 211 Å². The molecule has 36 heavy (non-hydrogen) atoms. The average Bonchev–Trinajstić information content (AvgIpc) is 3.28. The summed E-state index contributed by atoms with van der Waals surface area (Å²) in [6.07, 6.45) is 2.63. The molecule has 4 aromatic rings. The second-order valence-electron chi connectivity index (χ2n) is 9.47. The molecule has 7 nitrogen and oxygen atoms in total. The predicted octanol–water partition coefficient (Wildman–Crippen LogP) is 4.53. The summed E-state index contributed by atoms with van der Waals surface area (Å²) in [7, 11) is 0. The van der Waals surface area contributed by atoms with Crippen LogP contribution in [0.1, 0.15) is 29.8 Å². The van der Waals surface area contributed by atoms with Gasteiger partial charge in [0.25, 0.3) is 11.8 Å². The minimum Gasteiger partial charge on any atom is -0.364 e. The first-order valence-electron chi connectivity index (χ1n) is 11.7. The number of fused-ring (bicyclic) bond motifs is 3. The van der Waals surface area contributed by atoms with Gasteiger partial charge in [-0.05, 0) is 37.0 Å². The second-order valence-corrected chi connectivity index (χ2v) is 9.47. The first-order chi connectivity index (χ1) is 16.8. The molecule has 0 spiro atoms. The summed E-state index contributed by atoms with van der Waals surface area (Å²) in [5.74, 6) is -3.73. The Kier molecular flexibility index (Phi) is 5.90. The van der Waals surface area contributed by atoms with Crippen LogP contribution in [0.2, 0.25) is 0 Å². The van der Waals surface area contributed by atoms with Crippen LogP contribution in [0.4, 0.5) is 14.6 Å². The number of carbonyl (C=O) groups excluding carboxylic acids is 1. The molecule has 1 aromatic carbocycles. The van der Waals surface area contributed by atoms with Crippen molar-refractivity contribution in [2.45, 2.75) is 25.2 Å². The molecular formula is C26H24ClF2N5O2. The summed E-state index contributed by atoms with van der Waals surface area (Å²) in [5.41, 5.74) is 7.20. The number of pyridine rings is 3. The van der Waals surface area contributed by atoms with Crippen molar-refractivity contribution in [1.82, 2.24) is 15.0 Å². The lowest BCUT2D eigenvalue weighted by Crippen LogP contribution is -2.37. The van der Waals surface area contributed by atoms with Gasteiger partial charge < -0.3 is 15.6 Å². The van der Waals surface area contributed by atoms with E-state index in [1.165, 1.54) is 12.3 Å². The molecule has 1 aliphatic heterocycles. The molecule has 1 amide bonds. The molecule has 2 unspecified atom stereocenters. The number of H-pyrrole nitrogens is 1. The molecule has 186 valence electrons. The van der Waals surface area contributed by atoms with Crippen LogP contribution in [0, 0.1) is 11.8 Å². The number of primary amides is 1. The Morgan fingerprint density at radius 1 is 1.17 bits per heavy atom. The maximum Gasteiger partial charge on any atom is 0.268 e. The number of rotatable bonds is 3. The SMILES string of the molecule is Cl.NC(=O)c1nccc2[nH]c(-c3cc4ccccc4nc3N3CC4CCCC(F)(F)C4C3)cc(=O)c12. The lowest BCUT2D eigenvalue weighted by molar-refractivity contribution is -0.0930. The van der Waals surface area contributed by atoms with Gasteiger partial charge in [0.15, 0.2) is 5.43 Å². The maximum absolute atomic E-state index is 14.7. The van der Waals surface area contributed by atoms with Gasteiger partial charge in [0, 0.05) is 48.6 Å². The lowest BCUT2D eigenvalue weighted by Gasteiger charge is -2.32. The monoisotopic (exact) mass is 511 g/mol. The smallest absolute Gasteiger partial charge is 0.268 e. The summed E-state index contributed by atoms with van der Waals surface area (Å²) >= 11 is 0. The fourth-order valence-corrected chi connectivity index (χ4v) is 5.68. The Morgan fingerprint density at radius 3 is 2.75 bits per heavy atom. The van der Waals surface area contributed by atoms with Crippen molar-refractivity contribution in [2.24, 2.45) is 17.6 Å². The van der Waals surface area contributed by atoms with Crippen molar-refractivity contribution < 1.29 is 13.6 Å². The van der Waals surface area contributed by atoms with Gasteiger partial charge in [0.1, 0.15) is 11.5 Å². The van der Waals surface area contributed by atoms with Gasteiger partial charge in [-0.25, -0.2) is 13.8 Å². The van der Waals surface area contributed by atoms with Crippen LogP contribution in [0.5, 0.6) is 0 Å². The van der Waals surface area contributed by atoms with Crippen molar-refractivity contribution in [1.29, 1.82) is 0 Å². The van der Waals surface area contributed by atoms with Crippen LogP contribution < -0.4 is 16.1 Å². The number of alkyl halides is 2. The molecule has 2 aliphatic rings. The minimum absolute atomic E-state index is 0. The van der Waals surface area contributed by atoms with E-state index in [1.54, 1.807) is 6.07 Å².